The summed E-state index contributed by atoms with van der Waals surface area (Å²) in [4.78, 5) is 11.4. The van der Waals surface area contributed by atoms with Crippen molar-refractivity contribution in [2.24, 2.45) is 5.92 Å². The molecule has 0 aliphatic rings. The topological polar surface area (TPSA) is 59.3 Å². The number of hydrogen-bond donors (Lipinski definition) is 0. The normalized spacial score (nSPS) is 10.3. The predicted molar refractivity (Wildman–Crippen MR) is 91.8 cm³/mol. The molecule has 24 heavy (non-hydrogen) atoms. The number of ether oxygens (including phenoxy) is 2. The van der Waals surface area contributed by atoms with Crippen LogP contribution >= 0.6 is 0 Å². The van der Waals surface area contributed by atoms with E-state index >= 15 is 0 Å². The molecule has 2 aromatic rings. The van der Waals surface area contributed by atoms with Gasteiger partial charge in [0.2, 0.25) is 0 Å². The summed E-state index contributed by atoms with van der Waals surface area (Å²) in [6.45, 7) is 4.67. The SMILES string of the molecule is COC(=O)c1ccc(COc2ccc(C#N)cc2CC(C)C)cc1. The van der Waals surface area contributed by atoms with Gasteiger partial charge in [-0.1, -0.05) is 26.0 Å². The van der Waals surface area contributed by atoms with Crippen molar-refractivity contribution < 1.29 is 14.3 Å². The lowest BCUT2D eigenvalue weighted by molar-refractivity contribution is 0.0600. The lowest BCUT2D eigenvalue weighted by atomic mass is 10.0. The Kier molecular flexibility index (Phi) is 5.97. The molecule has 124 valence electrons. The highest BCUT2D eigenvalue weighted by Crippen LogP contribution is 2.24. The Hall–Kier alpha value is -2.80. The first-order chi connectivity index (χ1) is 11.5. The Morgan fingerprint density at radius 3 is 2.46 bits per heavy atom. The van der Waals surface area contributed by atoms with Gasteiger partial charge in [0.1, 0.15) is 12.4 Å². The van der Waals surface area contributed by atoms with E-state index < -0.39 is 0 Å². The predicted octanol–water partition coefficient (Wildman–Crippen LogP) is 4.12. The van der Waals surface area contributed by atoms with Crippen molar-refractivity contribution in [3.8, 4) is 11.8 Å². The molecule has 0 heterocycles. The van der Waals surface area contributed by atoms with E-state index in [1.165, 1.54) is 7.11 Å². The number of rotatable bonds is 6. The third-order valence-electron chi connectivity index (χ3n) is 3.59. The molecule has 0 amide bonds. The molecule has 0 saturated carbocycles. The van der Waals surface area contributed by atoms with Crippen LogP contribution in [0.1, 0.15) is 40.9 Å². The summed E-state index contributed by atoms with van der Waals surface area (Å²) in [7, 11) is 1.36. The van der Waals surface area contributed by atoms with Crippen LogP contribution in [0.5, 0.6) is 5.75 Å². The fourth-order valence-corrected chi connectivity index (χ4v) is 2.41. The molecule has 0 spiro atoms. The van der Waals surface area contributed by atoms with E-state index in [1.54, 1.807) is 18.2 Å². The van der Waals surface area contributed by atoms with Crippen molar-refractivity contribution in [3.05, 3.63) is 64.7 Å². The number of hydrogen-bond acceptors (Lipinski definition) is 4. The van der Waals surface area contributed by atoms with Crippen LogP contribution in [0, 0.1) is 17.2 Å². The molecule has 0 bridgehead atoms. The van der Waals surface area contributed by atoms with E-state index in [0.29, 0.717) is 23.7 Å². The van der Waals surface area contributed by atoms with Crippen LogP contribution < -0.4 is 4.74 Å². The lowest BCUT2D eigenvalue weighted by Crippen LogP contribution is -2.03. The lowest BCUT2D eigenvalue weighted by Gasteiger charge is -2.14. The minimum Gasteiger partial charge on any atom is -0.489 e. The molecule has 2 rings (SSSR count). The van der Waals surface area contributed by atoms with Crippen molar-refractivity contribution in [1.29, 1.82) is 5.26 Å². The second kappa shape index (κ2) is 8.16. The van der Waals surface area contributed by atoms with Crippen molar-refractivity contribution in [2.45, 2.75) is 26.9 Å². The number of carbonyl (C=O) groups is 1. The molecule has 0 fully saturated rings. The monoisotopic (exact) mass is 323 g/mol. The first-order valence-electron chi connectivity index (χ1n) is 7.86. The molecular weight excluding hydrogens is 302 g/mol. The third kappa shape index (κ3) is 4.60. The van der Waals surface area contributed by atoms with E-state index in [1.807, 2.05) is 24.3 Å². The summed E-state index contributed by atoms with van der Waals surface area (Å²) in [5.41, 5.74) is 3.15. The van der Waals surface area contributed by atoms with Gasteiger partial charge in [-0.25, -0.2) is 4.79 Å². The van der Waals surface area contributed by atoms with Crippen LogP contribution in [0.3, 0.4) is 0 Å². The van der Waals surface area contributed by atoms with Crippen LogP contribution in [0.15, 0.2) is 42.5 Å². The fourth-order valence-electron chi connectivity index (χ4n) is 2.41. The number of esters is 1. The highest BCUT2D eigenvalue weighted by molar-refractivity contribution is 5.89. The molecule has 0 atom stereocenters. The van der Waals surface area contributed by atoms with Gasteiger partial charge in [-0.3, -0.25) is 0 Å². The first kappa shape index (κ1) is 17.6. The maximum atomic E-state index is 11.4. The number of methoxy groups -OCH3 is 1. The molecule has 0 aliphatic carbocycles. The summed E-state index contributed by atoms with van der Waals surface area (Å²) in [5, 5.41) is 9.06. The molecule has 0 saturated heterocycles. The second-order valence-corrected chi connectivity index (χ2v) is 6.01. The van der Waals surface area contributed by atoms with Gasteiger partial charge in [0, 0.05) is 0 Å². The third-order valence-corrected chi connectivity index (χ3v) is 3.59. The quantitative estimate of drug-likeness (QED) is 0.750. The average molecular weight is 323 g/mol. The van der Waals surface area contributed by atoms with Gasteiger partial charge in [0.25, 0.3) is 0 Å². The molecule has 4 nitrogen and oxygen atoms in total. The maximum Gasteiger partial charge on any atom is 0.337 e. The summed E-state index contributed by atoms with van der Waals surface area (Å²) >= 11 is 0. The Bertz CT molecular complexity index is 742. The van der Waals surface area contributed by atoms with Crippen LogP contribution in [0.2, 0.25) is 0 Å². The Morgan fingerprint density at radius 2 is 1.88 bits per heavy atom. The van der Waals surface area contributed by atoms with Gasteiger partial charge in [0.15, 0.2) is 0 Å². The van der Waals surface area contributed by atoms with Gasteiger partial charge in [-0.15, -0.1) is 0 Å². The maximum absolute atomic E-state index is 11.4. The fraction of sp³-hybridized carbons (Fsp3) is 0.300. The van der Waals surface area contributed by atoms with E-state index in [2.05, 4.69) is 24.7 Å². The van der Waals surface area contributed by atoms with E-state index in [-0.39, 0.29) is 5.97 Å². The van der Waals surface area contributed by atoms with Gasteiger partial charge in [-0.2, -0.15) is 5.26 Å². The zero-order chi connectivity index (χ0) is 17.5. The van der Waals surface area contributed by atoms with Gasteiger partial charge in [0.05, 0.1) is 24.3 Å². The highest BCUT2D eigenvalue weighted by Gasteiger charge is 2.09. The Morgan fingerprint density at radius 1 is 1.17 bits per heavy atom. The van der Waals surface area contributed by atoms with Crippen LogP contribution in [-0.4, -0.2) is 13.1 Å². The van der Waals surface area contributed by atoms with Crippen LogP contribution in [0.4, 0.5) is 0 Å². The van der Waals surface area contributed by atoms with E-state index in [0.717, 1.165) is 23.3 Å². The van der Waals surface area contributed by atoms with Gasteiger partial charge >= 0.3 is 5.97 Å². The number of nitrogens with zero attached hydrogens (tertiary/aromatic N) is 1. The van der Waals surface area contributed by atoms with Crippen molar-refractivity contribution in [1.82, 2.24) is 0 Å². The van der Waals surface area contributed by atoms with Crippen molar-refractivity contribution in [3.63, 3.8) is 0 Å². The van der Waals surface area contributed by atoms with Gasteiger partial charge in [-0.05, 0) is 53.8 Å². The van der Waals surface area contributed by atoms with E-state index in [4.69, 9.17) is 10.00 Å². The zero-order valence-electron chi connectivity index (χ0n) is 14.2. The zero-order valence-corrected chi connectivity index (χ0v) is 14.2. The largest absolute Gasteiger partial charge is 0.489 e. The van der Waals surface area contributed by atoms with Crippen molar-refractivity contribution in [2.75, 3.05) is 7.11 Å². The number of nitriles is 1. The molecule has 0 aliphatic heterocycles. The van der Waals surface area contributed by atoms with Crippen molar-refractivity contribution >= 4 is 5.97 Å². The molecular formula is C20H21NO3. The Labute approximate surface area is 142 Å². The van der Waals surface area contributed by atoms with Crippen LogP contribution in [-0.2, 0) is 17.8 Å². The number of benzene rings is 2. The van der Waals surface area contributed by atoms with Gasteiger partial charge < -0.3 is 9.47 Å². The minimum absolute atomic E-state index is 0.353. The minimum atomic E-state index is -0.353. The smallest absolute Gasteiger partial charge is 0.337 e. The average Bonchev–Trinajstić information content (AvgIpc) is 2.59. The summed E-state index contributed by atoms with van der Waals surface area (Å²) in [6, 6.07) is 14.8. The van der Waals surface area contributed by atoms with Crippen LogP contribution in [0.25, 0.3) is 0 Å². The molecule has 0 N–H and O–H groups in total. The molecule has 0 aromatic heterocycles. The number of carbonyl (C=O) groups excluding carboxylic acids is 1. The Balaban J connectivity index is 2.11. The molecule has 2 aromatic carbocycles. The molecule has 4 heteroatoms. The first-order valence-corrected chi connectivity index (χ1v) is 7.86. The van der Waals surface area contributed by atoms with E-state index in [9.17, 15) is 4.79 Å². The second-order valence-electron chi connectivity index (χ2n) is 6.01. The molecule has 0 unspecified atom stereocenters. The highest BCUT2D eigenvalue weighted by atomic mass is 16.5. The summed E-state index contributed by atoms with van der Waals surface area (Å²) < 4.78 is 10.6. The summed E-state index contributed by atoms with van der Waals surface area (Å²) in [6.07, 6.45) is 0.853. The molecule has 0 radical (unpaired) electrons. The standard InChI is InChI=1S/C20H21NO3/c1-14(2)10-18-11-16(12-21)6-9-19(18)24-13-15-4-7-17(8-5-15)20(22)23-3/h4-9,11,14H,10,13H2,1-3H3. The summed E-state index contributed by atoms with van der Waals surface area (Å²) in [5.74, 6) is 0.911.